The number of allylic oxidation sites excluding steroid dienone is 4. The molecule has 2 heteroatoms. The van der Waals surface area contributed by atoms with Crippen LogP contribution in [-0.4, -0.2) is 0 Å². The second-order valence-electron chi connectivity index (χ2n) is 10.2. The van der Waals surface area contributed by atoms with Crippen LogP contribution in [0.3, 0.4) is 0 Å². The lowest BCUT2D eigenvalue weighted by molar-refractivity contribution is 0.377. The summed E-state index contributed by atoms with van der Waals surface area (Å²) in [6.45, 7) is 0. The van der Waals surface area contributed by atoms with Crippen LogP contribution >= 0.6 is 0 Å². The predicted molar refractivity (Wildman–Crippen MR) is 153 cm³/mol. The third-order valence-electron chi connectivity index (χ3n) is 7.16. The minimum absolute atomic E-state index is 0.103. The molecule has 0 aromatic heterocycles. The zero-order chi connectivity index (χ0) is 24.8. The van der Waals surface area contributed by atoms with Crippen LogP contribution < -0.4 is 11.5 Å². The Labute approximate surface area is 215 Å². The van der Waals surface area contributed by atoms with Gasteiger partial charge in [0, 0.05) is 16.8 Å². The van der Waals surface area contributed by atoms with Crippen molar-refractivity contribution >= 4 is 11.4 Å². The molecule has 0 saturated heterocycles. The fourth-order valence-corrected chi connectivity index (χ4v) is 5.14. The first kappa shape index (κ1) is 23.7. The highest BCUT2D eigenvalue weighted by molar-refractivity contribution is 5.42. The van der Waals surface area contributed by atoms with E-state index in [1.807, 2.05) is 24.3 Å². The zero-order valence-corrected chi connectivity index (χ0v) is 20.7. The van der Waals surface area contributed by atoms with Crippen molar-refractivity contribution in [3.8, 4) is 0 Å². The maximum Gasteiger partial charge on any atom is 0.0314 e. The molecule has 0 bridgehead atoms. The molecule has 0 atom stereocenters. The lowest BCUT2D eigenvalue weighted by atomic mass is 9.72. The Balaban J connectivity index is 1.26. The van der Waals surface area contributed by atoms with Gasteiger partial charge in [-0.15, -0.1) is 0 Å². The molecule has 1 aliphatic carbocycles. The summed E-state index contributed by atoms with van der Waals surface area (Å²) in [4.78, 5) is 0. The van der Waals surface area contributed by atoms with Crippen molar-refractivity contribution in [2.24, 2.45) is 5.41 Å². The average Bonchev–Trinajstić information content (AvgIpc) is 2.90. The largest absolute Gasteiger partial charge is 0.399 e. The minimum atomic E-state index is 0.103. The Kier molecular flexibility index (Phi) is 7.04. The van der Waals surface area contributed by atoms with Crippen molar-refractivity contribution in [3.05, 3.63) is 155 Å². The summed E-state index contributed by atoms with van der Waals surface area (Å²) in [5, 5.41) is 0. The van der Waals surface area contributed by atoms with E-state index < -0.39 is 0 Å². The highest BCUT2D eigenvalue weighted by Gasteiger charge is 2.28. The Hall–Kier alpha value is -4.04. The summed E-state index contributed by atoms with van der Waals surface area (Å²) in [6.07, 6.45) is 14.1. The Morgan fingerprint density at radius 3 is 1.19 bits per heavy atom. The summed E-state index contributed by atoms with van der Waals surface area (Å²) < 4.78 is 0. The molecule has 1 aliphatic rings. The van der Waals surface area contributed by atoms with E-state index in [1.165, 1.54) is 33.4 Å². The molecule has 5 rings (SSSR count). The molecule has 0 aliphatic heterocycles. The third kappa shape index (κ3) is 6.14. The fourth-order valence-electron chi connectivity index (χ4n) is 5.14. The lowest BCUT2D eigenvalue weighted by Crippen LogP contribution is -2.25. The maximum absolute atomic E-state index is 5.83. The molecule has 0 saturated carbocycles. The predicted octanol–water partition coefficient (Wildman–Crippen LogP) is 7.32. The van der Waals surface area contributed by atoms with Crippen molar-refractivity contribution in [1.29, 1.82) is 0 Å². The van der Waals surface area contributed by atoms with Gasteiger partial charge in [0.15, 0.2) is 0 Å². The number of nitrogens with two attached hydrogens (primary N) is 2. The maximum atomic E-state index is 5.83. The normalized spacial score (nSPS) is 14.1. The molecule has 0 fully saturated rings. The van der Waals surface area contributed by atoms with E-state index in [4.69, 9.17) is 11.5 Å². The van der Waals surface area contributed by atoms with Crippen molar-refractivity contribution < 1.29 is 0 Å². The van der Waals surface area contributed by atoms with Crippen molar-refractivity contribution in [2.75, 3.05) is 11.5 Å². The number of hydrogen-bond acceptors (Lipinski definition) is 2. The Bertz CT molecular complexity index is 1230. The highest BCUT2D eigenvalue weighted by atomic mass is 14.5. The summed E-state index contributed by atoms with van der Waals surface area (Å²) >= 11 is 0. The number of nitrogen functional groups attached to an aromatic ring is 2. The van der Waals surface area contributed by atoms with Gasteiger partial charge in [0.05, 0.1) is 0 Å². The van der Waals surface area contributed by atoms with Gasteiger partial charge in [-0.2, -0.15) is 0 Å². The van der Waals surface area contributed by atoms with E-state index in [-0.39, 0.29) is 5.41 Å². The minimum Gasteiger partial charge on any atom is -0.399 e. The second kappa shape index (κ2) is 10.7. The van der Waals surface area contributed by atoms with Gasteiger partial charge < -0.3 is 11.5 Å². The van der Waals surface area contributed by atoms with Gasteiger partial charge in [0.2, 0.25) is 0 Å². The molecular formula is C34H34N2. The molecule has 0 heterocycles. The lowest BCUT2D eigenvalue weighted by Gasteiger charge is -2.32. The molecule has 36 heavy (non-hydrogen) atoms. The third-order valence-corrected chi connectivity index (χ3v) is 7.16. The molecule has 2 nitrogen and oxygen atoms in total. The standard InChI is InChI=1S/C34H34N2/c35-32-16-12-28(13-17-32)22-26-4-8-30(9-5-26)24-34(20-2-1-3-21-34)25-31-10-6-27(7-11-31)23-29-14-18-33(36)19-15-29/h1-20H,21-25,35-36H2. The molecule has 0 amide bonds. The zero-order valence-electron chi connectivity index (χ0n) is 20.7. The van der Waals surface area contributed by atoms with Crippen LogP contribution in [0.25, 0.3) is 0 Å². The average molecular weight is 471 g/mol. The summed E-state index contributed by atoms with van der Waals surface area (Å²) in [5.74, 6) is 0. The van der Waals surface area contributed by atoms with Gasteiger partial charge in [-0.3, -0.25) is 0 Å². The first-order valence-corrected chi connectivity index (χ1v) is 12.7. The van der Waals surface area contributed by atoms with E-state index in [2.05, 4.69) is 97.1 Å². The summed E-state index contributed by atoms with van der Waals surface area (Å²) in [5.41, 5.74) is 21.4. The first-order valence-electron chi connectivity index (χ1n) is 12.7. The van der Waals surface area contributed by atoms with E-state index in [1.54, 1.807) is 0 Å². The number of benzene rings is 4. The highest BCUT2D eigenvalue weighted by Crippen LogP contribution is 2.36. The quantitative estimate of drug-likeness (QED) is 0.265. The second-order valence-corrected chi connectivity index (χ2v) is 10.2. The first-order chi connectivity index (χ1) is 17.6. The molecule has 4 N–H and O–H groups in total. The Morgan fingerprint density at radius 1 is 0.472 bits per heavy atom. The summed E-state index contributed by atoms with van der Waals surface area (Å²) in [7, 11) is 0. The van der Waals surface area contributed by atoms with Crippen LogP contribution in [0.5, 0.6) is 0 Å². The van der Waals surface area contributed by atoms with Gasteiger partial charge in [0.1, 0.15) is 0 Å². The van der Waals surface area contributed by atoms with E-state index >= 15 is 0 Å². The van der Waals surface area contributed by atoms with Gasteiger partial charge in [-0.25, -0.2) is 0 Å². The van der Waals surface area contributed by atoms with Gasteiger partial charge >= 0.3 is 0 Å². The summed E-state index contributed by atoms with van der Waals surface area (Å²) in [6, 6.07) is 34.6. The SMILES string of the molecule is Nc1ccc(Cc2ccc(CC3(Cc4ccc(Cc5ccc(N)cc5)cc4)C=CC=CC3)cc2)cc1. The van der Waals surface area contributed by atoms with Crippen LogP contribution in [0.15, 0.2) is 121 Å². The van der Waals surface area contributed by atoms with Crippen molar-refractivity contribution in [1.82, 2.24) is 0 Å². The van der Waals surface area contributed by atoms with E-state index in [0.29, 0.717) is 0 Å². The van der Waals surface area contributed by atoms with Crippen molar-refractivity contribution in [3.63, 3.8) is 0 Å². The molecule has 0 spiro atoms. The number of hydrogen-bond donors (Lipinski definition) is 2. The molecule has 0 radical (unpaired) electrons. The van der Waals surface area contributed by atoms with E-state index in [9.17, 15) is 0 Å². The molecule has 4 aromatic carbocycles. The van der Waals surface area contributed by atoms with Gasteiger partial charge in [-0.05, 0) is 89.8 Å². The fraction of sp³-hybridized carbons (Fsp3) is 0.176. The monoisotopic (exact) mass is 470 g/mol. The van der Waals surface area contributed by atoms with Crippen molar-refractivity contribution in [2.45, 2.75) is 32.1 Å². The van der Waals surface area contributed by atoms with Crippen LogP contribution in [0, 0.1) is 5.41 Å². The Morgan fingerprint density at radius 2 is 0.833 bits per heavy atom. The smallest absolute Gasteiger partial charge is 0.0314 e. The van der Waals surface area contributed by atoms with E-state index in [0.717, 1.165) is 43.5 Å². The molecule has 0 unspecified atom stereocenters. The van der Waals surface area contributed by atoms with Crippen LogP contribution in [0.2, 0.25) is 0 Å². The van der Waals surface area contributed by atoms with Crippen LogP contribution in [0.1, 0.15) is 39.8 Å². The van der Waals surface area contributed by atoms with Gasteiger partial charge in [0.25, 0.3) is 0 Å². The number of rotatable bonds is 8. The van der Waals surface area contributed by atoms with Crippen LogP contribution in [0.4, 0.5) is 11.4 Å². The topological polar surface area (TPSA) is 52.0 Å². The number of anilines is 2. The molecule has 180 valence electrons. The van der Waals surface area contributed by atoms with Crippen LogP contribution in [-0.2, 0) is 25.7 Å². The molecular weight excluding hydrogens is 436 g/mol. The molecule has 4 aromatic rings. The van der Waals surface area contributed by atoms with Gasteiger partial charge in [-0.1, -0.05) is 97.1 Å².